The van der Waals surface area contributed by atoms with Crippen LogP contribution in [0.5, 0.6) is 0 Å². The summed E-state index contributed by atoms with van der Waals surface area (Å²) in [5.41, 5.74) is 0.995. The lowest BCUT2D eigenvalue weighted by Gasteiger charge is -2.45. The molecular formula is C20H25N3O2S. The predicted octanol–water partition coefficient (Wildman–Crippen LogP) is 2.90. The first-order valence-electron chi connectivity index (χ1n) is 9.30. The van der Waals surface area contributed by atoms with Crippen LogP contribution in [0.4, 0.5) is 0 Å². The lowest BCUT2D eigenvalue weighted by atomic mass is 9.87. The maximum atomic E-state index is 13.1. The molecule has 2 aliphatic heterocycles. The zero-order chi connectivity index (χ0) is 18.0. The summed E-state index contributed by atoms with van der Waals surface area (Å²) in [6.07, 6.45) is 5.96. The maximum Gasteiger partial charge on any atom is 0.243 e. The van der Waals surface area contributed by atoms with Gasteiger partial charge in [-0.2, -0.15) is 4.31 Å². The van der Waals surface area contributed by atoms with Crippen molar-refractivity contribution in [2.24, 2.45) is 0 Å². The van der Waals surface area contributed by atoms with E-state index in [1.165, 1.54) is 0 Å². The van der Waals surface area contributed by atoms with Crippen LogP contribution >= 0.6 is 0 Å². The first kappa shape index (κ1) is 17.6. The molecule has 0 amide bonds. The van der Waals surface area contributed by atoms with Crippen LogP contribution in [0.25, 0.3) is 0 Å². The Morgan fingerprint density at radius 2 is 1.69 bits per heavy atom. The third-order valence-electron chi connectivity index (χ3n) is 5.72. The molecule has 5 nitrogen and oxygen atoms in total. The minimum atomic E-state index is -3.43. The summed E-state index contributed by atoms with van der Waals surface area (Å²) < 4.78 is 27.9. The number of pyridine rings is 1. The Morgan fingerprint density at radius 3 is 2.42 bits per heavy atom. The van der Waals surface area contributed by atoms with E-state index in [9.17, 15) is 8.42 Å². The Morgan fingerprint density at radius 1 is 0.962 bits per heavy atom. The van der Waals surface area contributed by atoms with Gasteiger partial charge in [-0.25, -0.2) is 8.42 Å². The highest BCUT2D eigenvalue weighted by Crippen LogP contribution is 2.39. The van der Waals surface area contributed by atoms with Crippen molar-refractivity contribution in [3.8, 4) is 0 Å². The standard InChI is InChI=1S/C20H25N3O2S/c24-26(25,19-9-2-1-3-10-19)23-15-7-12-20(17-23)11-6-14-22(20)16-18-8-4-5-13-21-18/h1-5,8-10,13H,6-7,11-12,14-17H2. The normalized spacial score (nSPS) is 24.9. The van der Waals surface area contributed by atoms with E-state index in [4.69, 9.17) is 0 Å². The molecule has 1 aromatic heterocycles. The van der Waals surface area contributed by atoms with Crippen molar-refractivity contribution in [1.82, 2.24) is 14.2 Å². The van der Waals surface area contributed by atoms with Crippen LogP contribution in [0.1, 0.15) is 31.4 Å². The molecule has 138 valence electrons. The number of hydrogen-bond acceptors (Lipinski definition) is 4. The molecule has 1 aromatic carbocycles. The Labute approximate surface area is 155 Å². The molecule has 2 aromatic rings. The summed E-state index contributed by atoms with van der Waals surface area (Å²) in [6, 6.07) is 14.8. The lowest BCUT2D eigenvalue weighted by molar-refractivity contribution is 0.0669. The molecule has 6 heteroatoms. The van der Waals surface area contributed by atoms with Gasteiger partial charge in [0.15, 0.2) is 0 Å². The van der Waals surface area contributed by atoms with Gasteiger partial charge in [0, 0.05) is 31.4 Å². The molecule has 1 atom stereocenters. The molecular weight excluding hydrogens is 346 g/mol. The third-order valence-corrected chi connectivity index (χ3v) is 7.58. The molecule has 0 bridgehead atoms. The third kappa shape index (κ3) is 3.29. The van der Waals surface area contributed by atoms with Gasteiger partial charge >= 0.3 is 0 Å². The molecule has 4 rings (SSSR count). The van der Waals surface area contributed by atoms with E-state index in [0.29, 0.717) is 18.0 Å². The molecule has 2 aliphatic rings. The maximum absolute atomic E-state index is 13.1. The van der Waals surface area contributed by atoms with E-state index in [-0.39, 0.29) is 5.54 Å². The van der Waals surface area contributed by atoms with Gasteiger partial charge in [-0.1, -0.05) is 24.3 Å². The van der Waals surface area contributed by atoms with Gasteiger partial charge in [0.05, 0.1) is 10.6 Å². The zero-order valence-corrected chi connectivity index (χ0v) is 15.7. The number of benzene rings is 1. The number of aromatic nitrogens is 1. The molecule has 0 aliphatic carbocycles. The fraction of sp³-hybridized carbons (Fsp3) is 0.450. The number of hydrogen-bond donors (Lipinski definition) is 0. The van der Waals surface area contributed by atoms with E-state index in [0.717, 1.165) is 44.5 Å². The molecule has 2 saturated heterocycles. The van der Waals surface area contributed by atoms with Gasteiger partial charge in [0.1, 0.15) is 0 Å². The van der Waals surface area contributed by atoms with Gasteiger partial charge < -0.3 is 0 Å². The highest BCUT2D eigenvalue weighted by atomic mass is 32.2. The lowest BCUT2D eigenvalue weighted by Crippen LogP contribution is -2.56. The molecule has 3 heterocycles. The van der Waals surface area contributed by atoms with Gasteiger partial charge in [0.25, 0.3) is 0 Å². The van der Waals surface area contributed by atoms with Crippen molar-refractivity contribution in [1.29, 1.82) is 0 Å². The number of likely N-dealkylation sites (tertiary alicyclic amines) is 1. The molecule has 1 unspecified atom stereocenters. The second-order valence-electron chi connectivity index (χ2n) is 7.33. The van der Waals surface area contributed by atoms with Gasteiger partial charge in [-0.15, -0.1) is 0 Å². The van der Waals surface area contributed by atoms with E-state index < -0.39 is 10.0 Å². The Hall–Kier alpha value is -1.76. The monoisotopic (exact) mass is 371 g/mol. The summed E-state index contributed by atoms with van der Waals surface area (Å²) in [5, 5.41) is 0. The molecule has 0 N–H and O–H groups in total. The fourth-order valence-electron chi connectivity index (χ4n) is 4.41. The molecule has 1 spiro atoms. The summed E-state index contributed by atoms with van der Waals surface area (Å²) in [6.45, 7) is 2.99. The van der Waals surface area contributed by atoms with E-state index in [2.05, 4.69) is 9.88 Å². The van der Waals surface area contributed by atoms with Crippen LogP contribution in [-0.2, 0) is 16.6 Å². The van der Waals surface area contributed by atoms with Crippen LogP contribution < -0.4 is 0 Å². The summed E-state index contributed by atoms with van der Waals surface area (Å²) in [5.74, 6) is 0. The summed E-state index contributed by atoms with van der Waals surface area (Å²) >= 11 is 0. The Balaban J connectivity index is 1.57. The predicted molar refractivity (Wildman–Crippen MR) is 101 cm³/mol. The quantitative estimate of drug-likeness (QED) is 0.829. The van der Waals surface area contributed by atoms with Gasteiger partial charge in [-0.3, -0.25) is 9.88 Å². The fourth-order valence-corrected chi connectivity index (χ4v) is 5.99. The molecule has 26 heavy (non-hydrogen) atoms. The largest absolute Gasteiger partial charge is 0.291 e. The van der Waals surface area contributed by atoms with E-state index in [1.807, 2.05) is 30.5 Å². The van der Waals surface area contributed by atoms with Crippen LogP contribution in [0.15, 0.2) is 59.6 Å². The van der Waals surface area contributed by atoms with E-state index in [1.54, 1.807) is 28.6 Å². The molecule has 0 radical (unpaired) electrons. The second-order valence-corrected chi connectivity index (χ2v) is 9.26. The number of nitrogens with zero attached hydrogens (tertiary/aromatic N) is 3. The summed E-state index contributed by atoms with van der Waals surface area (Å²) in [4.78, 5) is 7.32. The highest BCUT2D eigenvalue weighted by molar-refractivity contribution is 7.89. The topological polar surface area (TPSA) is 53.5 Å². The van der Waals surface area contributed by atoms with Crippen LogP contribution in [-0.4, -0.2) is 47.8 Å². The van der Waals surface area contributed by atoms with Crippen molar-refractivity contribution in [3.63, 3.8) is 0 Å². The highest BCUT2D eigenvalue weighted by Gasteiger charge is 2.46. The van der Waals surface area contributed by atoms with Crippen molar-refractivity contribution in [2.75, 3.05) is 19.6 Å². The van der Waals surface area contributed by atoms with Crippen LogP contribution in [0.3, 0.4) is 0 Å². The number of sulfonamides is 1. The first-order chi connectivity index (χ1) is 12.6. The minimum absolute atomic E-state index is 0.0579. The number of rotatable bonds is 4. The SMILES string of the molecule is O=S(=O)(c1ccccc1)N1CCCC2(CCCN2Cc2ccccn2)C1. The number of piperidine rings is 1. The van der Waals surface area contributed by atoms with E-state index >= 15 is 0 Å². The Kier molecular flexibility index (Phi) is 4.82. The van der Waals surface area contributed by atoms with Crippen molar-refractivity contribution in [2.45, 2.75) is 42.7 Å². The van der Waals surface area contributed by atoms with Crippen molar-refractivity contribution in [3.05, 3.63) is 60.4 Å². The van der Waals surface area contributed by atoms with Gasteiger partial charge in [0.2, 0.25) is 10.0 Å². The zero-order valence-electron chi connectivity index (χ0n) is 14.9. The smallest absolute Gasteiger partial charge is 0.243 e. The molecule has 0 saturated carbocycles. The van der Waals surface area contributed by atoms with Crippen LogP contribution in [0, 0.1) is 0 Å². The minimum Gasteiger partial charge on any atom is -0.291 e. The average molecular weight is 372 g/mol. The Bertz CT molecular complexity index is 842. The van der Waals surface area contributed by atoms with Gasteiger partial charge in [-0.05, 0) is 56.5 Å². The first-order valence-corrected chi connectivity index (χ1v) is 10.7. The van der Waals surface area contributed by atoms with Crippen molar-refractivity contribution >= 4 is 10.0 Å². The molecule has 2 fully saturated rings. The van der Waals surface area contributed by atoms with Crippen molar-refractivity contribution < 1.29 is 8.42 Å². The van der Waals surface area contributed by atoms with Crippen LogP contribution in [0.2, 0.25) is 0 Å². The second kappa shape index (κ2) is 7.10. The average Bonchev–Trinajstić information content (AvgIpc) is 3.04. The summed E-state index contributed by atoms with van der Waals surface area (Å²) in [7, 11) is -3.43.